The van der Waals surface area contributed by atoms with Crippen molar-refractivity contribution in [3.05, 3.63) is 28.7 Å². The van der Waals surface area contributed by atoms with E-state index < -0.39 is 0 Å². The van der Waals surface area contributed by atoms with Crippen LogP contribution >= 0.6 is 24.2 Å². The first-order chi connectivity index (χ1) is 12.6. The summed E-state index contributed by atoms with van der Waals surface area (Å²) in [5.41, 5.74) is 2.55. The Balaban J connectivity index is 1.76. The molecule has 0 bridgehead atoms. The molecular weight excluding hydrogens is 368 g/mol. The molecule has 3 rings (SSSR count). The zero-order chi connectivity index (χ0) is 18.5. The minimum atomic E-state index is -0.310. The molecule has 9 heteroatoms. The summed E-state index contributed by atoms with van der Waals surface area (Å²) in [6.07, 6.45) is 4.75. The maximum Gasteiger partial charge on any atom is 0.332 e. The molecule has 0 fully saturated rings. The molecule has 0 aromatic carbocycles. The number of carbonyl (C=O) groups excluding carboxylic acids is 1. The van der Waals surface area contributed by atoms with Gasteiger partial charge in [-0.15, -0.1) is 11.3 Å². The fourth-order valence-electron chi connectivity index (χ4n) is 2.36. The number of nitrogens with one attached hydrogen (secondary N) is 1. The van der Waals surface area contributed by atoms with Crippen LogP contribution in [0.25, 0.3) is 22.6 Å². The molecule has 2 amide bonds. The van der Waals surface area contributed by atoms with E-state index in [0.29, 0.717) is 29.2 Å². The van der Waals surface area contributed by atoms with E-state index in [4.69, 9.17) is 0 Å². The SMILES string of the molecule is CCCCCN(S)C(=O)Nc1ccc2ncc(-c3csc(C)n3)nc2n1. The summed E-state index contributed by atoms with van der Waals surface area (Å²) in [4.78, 5) is 29.9. The highest BCUT2D eigenvalue weighted by molar-refractivity contribution is 7.78. The smallest absolute Gasteiger partial charge is 0.291 e. The Morgan fingerprint density at radius 1 is 1.23 bits per heavy atom. The Morgan fingerprint density at radius 3 is 2.81 bits per heavy atom. The van der Waals surface area contributed by atoms with Gasteiger partial charge in [0.2, 0.25) is 0 Å². The van der Waals surface area contributed by atoms with Gasteiger partial charge in [0.15, 0.2) is 5.65 Å². The second kappa shape index (κ2) is 8.41. The zero-order valence-electron chi connectivity index (χ0n) is 14.6. The topological polar surface area (TPSA) is 83.9 Å². The summed E-state index contributed by atoms with van der Waals surface area (Å²) >= 11 is 5.78. The number of unbranched alkanes of at least 4 members (excludes halogenated alkanes) is 2. The van der Waals surface area contributed by atoms with Crippen LogP contribution in [0.15, 0.2) is 23.7 Å². The van der Waals surface area contributed by atoms with Crippen LogP contribution in [0.5, 0.6) is 0 Å². The molecule has 0 spiro atoms. The molecule has 3 heterocycles. The van der Waals surface area contributed by atoms with Gasteiger partial charge < -0.3 is 0 Å². The number of aromatic nitrogens is 4. The van der Waals surface area contributed by atoms with Gasteiger partial charge in [-0.3, -0.25) is 14.6 Å². The number of carbonyl (C=O) groups is 1. The van der Waals surface area contributed by atoms with Crippen molar-refractivity contribution in [2.24, 2.45) is 0 Å². The van der Waals surface area contributed by atoms with Crippen LogP contribution < -0.4 is 5.32 Å². The largest absolute Gasteiger partial charge is 0.332 e. The summed E-state index contributed by atoms with van der Waals surface area (Å²) in [6.45, 7) is 4.64. The van der Waals surface area contributed by atoms with Crippen LogP contribution in [-0.4, -0.2) is 36.8 Å². The molecular formula is C17H20N6OS2. The quantitative estimate of drug-likeness (QED) is 0.485. The van der Waals surface area contributed by atoms with Gasteiger partial charge in [-0.25, -0.2) is 19.7 Å². The van der Waals surface area contributed by atoms with Crippen molar-refractivity contribution in [1.29, 1.82) is 0 Å². The zero-order valence-corrected chi connectivity index (χ0v) is 16.3. The number of hydrogen-bond acceptors (Lipinski definition) is 7. The van der Waals surface area contributed by atoms with Crippen LogP contribution in [0.1, 0.15) is 31.2 Å². The fourth-order valence-corrected chi connectivity index (χ4v) is 3.16. The van der Waals surface area contributed by atoms with Gasteiger partial charge in [-0.05, 0) is 25.5 Å². The molecule has 3 aromatic rings. The van der Waals surface area contributed by atoms with Gasteiger partial charge in [-0.1, -0.05) is 32.6 Å². The van der Waals surface area contributed by atoms with Gasteiger partial charge in [-0.2, -0.15) is 0 Å². The fraction of sp³-hybridized carbons (Fsp3) is 0.353. The van der Waals surface area contributed by atoms with Crippen molar-refractivity contribution in [3.8, 4) is 11.4 Å². The van der Waals surface area contributed by atoms with Gasteiger partial charge in [0.1, 0.15) is 22.7 Å². The lowest BCUT2D eigenvalue weighted by atomic mass is 10.2. The van der Waals surface area contributed by atoms with E-state index in [-0.39, 0.29) is 6.03 Å². The lowest BCUT2D eigenvalue weighted by Gasteiger charge is -2.15. The summed E-state index contributed by atoms with van der Waals surface area (Å²) in [6, 6.07) is 3.17. The summed E-state index contributed by atoms with van der Waals surface area (Å²) in [7, 11) is 0. The van der Waals surface area contributed by atoms with Crippen LogP contribution in [0.2, 0.25) is 0 Å². The minimum Gasteiger partial charge on any atom is -0.291 e. The number of amides is 2. The third-order valence-corrected chi connectivity index (χ3v) is 4.89. The van der Waals surface area contributed by atoms with E-state index >= 15 is 0 Å². The summed E-state index contributed by atoms with van der Waals surface area (Å²) in [5.74, 6) is 0.415. The molecule has 0 saturated carbocycles. The molecule has 0 aliphatic heterocycles. The van der Waals surface area contributed by atoms with E-state index in [2.05, 4.69) is 45.0 Å². The van der Waals surface area contributed by atoms with Crippen LogP contribution in [0.3, 0.4) is 0 Å². The molecule has 136 valence electrons. The predicted molar refractivity (Wildman–Crippen MR) is 107 cm³/mol. The van der Waals surface area contributed by atoms with Crippen molar-refractivity contribution < 1.29 is 4.79 Å². The summed E-state index contributed by atoms with van der Waals surface area (Å²) in [5, 5.41) is 5.64. The van der Waals surface area contributed by atoms with Crippen molar-refractivity contribution in [3.63, 3.8) is 0 Å². The van der Waals surface area contributed by atoms with Crippen molar-refractivity contribution in [2.45, 2.75) is 33.1 Å². The third-order valence-electron chi connectivity index (χ3n) is 3.73. The number of aryl methyl sites for hydroxylation is 1. The van der Waals surface area contributed by atoms with Gasteiger partial charge in [0.25, 0.3) is 0 Å². The monoisotopic (exact) mass is 388 g/mol. The normalized spacial score (nSPS) is 10.9. The van der Waals surface area contributed by atoms with Crippen LogP contribution in [0, 0.1) is 6.92 Å². The Hall–Kier alpha value is -2.26. The molecule has 7 nitrogen and oxygen atoms in total. The number of nitrogens with zero attached hydrogens (tertiary/aromatic N) is 5. The lowest BCUT2D eigenvalue weighted by Crippen LogP contribution is -2.28. The highest BCUT2D eigenvalue weighted by Gasteiger charge is 2.12. The van der Waals surface area contributed by atoms with Gasteiger partial charge >= 0.3 is 6.03 Å². The Morgan fingerprint density at radius 2 is 2.08 bits per heavy atom. The van der Waals surface area contributed by atoms with E-state index in [1.54, 1.807) is 29.7 Å². The van der Waals surface area contributed by atoms with Crippen molar-refractivity contribution >= 4 is 47.2 Å². The van der Waals surface area contributed by atoms with E-state index in [9.17, 15) is 4.79 Å². The molecule has 1 N–H and O–H groups in total. The van der Waals surface area contributed by atoms with Gasteiger partial charge in [0.05, 0.1) is 11.2 Å². The number of pyridine rings is 1. The molecule has 0 unspecified atom stereocenters. The number of thiazole rings is 1. The molecule has 26 heavy (non-hydrogen) atoms. The second-order valence-corrected chi connectivity index (χ2v) is 7.35. The Kier molecular flexibility index (Phi) is 6.00. The number of anilines is 1. The average molecular weight is 389 g/mol. The maximum absolute atomic E-state index is 12.2. The Bertz CT molecular complexity index is 913. The van der Waals surface area contributed by atoms with Crippen LogP contribution in [-0.2, 0) is 0 Å². The van der Waals surface area contributed by atoms with E-state index in [1.807, 2.05) is 12.3 Å². The number of rotatable bonds is 6. The average Bonchev–Trinajstić information content (AvgIpc) is 3.07. The first-order valence-corrected chi connectivity index (χ1v) is 9.68. The first-order valence-electron chi connectivity index (χ1n) is 8.40. The van der Waals surface area contributed by atoms with E-state index in [1.165, 1.54) is 4.31 Å². The highest BCUT2D eigenvalue weighted by atomic mass is 32.1. The third kappa shape index (κ3) is 4.47. The number of thiol groups is 1. The van der Waals surface area contributed by atoms with Crippen LogP contribution in [0.4, 0.5) is 10.6 Å². The predicted octanol–water partition coefficient (Wildman–Crippen LogP) is 4.33. The molecule has 3 aromatic heterocycles. The molecule has 0 saturated heterocycles. The summed E-state index contributed by atoms with van der Waals surface area (Å²) < 4.78 is 1.36. The highest BCUT2D eigenvalue weighted by Crippen LogP contribution is 2.21. The minimum absolute atomic E-state index is 0.310. The number of urea groups is 1. The standard InChI is InChI=1S/C17H20N6OS2/c1-3-4-5-8-23(25)17(24)22-15-7-6-12-16(21-15)20-13(9-18-12)14-10-26-11(2)19-14/h6-7,9-10,25H,3-5,8H2,1-2H3,(H,20,21,22,24). The van der Waals surface area contributed by atoms with Crippen molar-refractivity contribution in [2.75, 3.05) is 11.9 Å². The Labute approximate surface area is 161 Å². The number of fused-ring (bicyclic) bond motifs is 1. The molecule has 0 radical (unpaired) electrons. The molecule has 0 atom stereocenters. The molecule has 0 aliphatic rings. The lowest BCUT2D eigenvalue weighted by molar-refractivity contribution is 0.238. The second-order valence-electron chi connectivity index (χ2n) is 5.81. The van der Waals surface area contributed by atoms with Gasteiger partial charge in [0, 0.05) is 11.9 Å². The van der Waals surface area contributed by atoms with E-state index in [0.717, 1.165) is 30.0 Å². The maximum atomic E-state index is 12.2. The first kappa shape index (κ1) is 18.5. The molecule has 0 aliphatic carbocycles. The van der Waals surface area contributed by atoms with Crippen molar-refractivity contribution in [1.82, 2.24) is 24.2 Å². The number of hydrogen-bond donors (Lipinski definition) is 2.